The Hall–Kier alpha value is -3.95. The molecule has 0 radical (unpaired) electrons. The van der Waals surface area contributed by atoms with E-state index in [9.17, 15) is 24.5 Å². The average Bonchev–Trinajstić information content (AvgIpc) is 2.86. The Bertz CT molecular complexity index is 1120. The Morgan fingerprint density at radius 2 is 1.64 bits per heavy atom. The molecular weight excluding hydrogens is 432 g/mol. The van der Waals surface area contributed by atoms with Gasteiger partial charge in [-0.25, -0.2) is 4.79 Å². The number of nitrogens with zero attached hydrogens (tertiary/aromatic N) is 2. The van der Waals surface area contributed by atoms with E-state index in [1.165, 1.54) is 11.0 Å². The molecule has 1 saturated heterocycles. The summed E-state index contributed by atoms with van der Waals surface area (Å²) in [6.07, 6.45) is 0.912. The molecule has 1 fully saturated rings. The summed E-state index contributed by atoms with van der Waals surface area (Å²) in [5, 5.41) is 11.2. The van der Waals surface area contributed by atoms with E-state index in [0.29, 0.717) is 56.2 Å². The number of Topliss-reactive ketones (excluding diaryl/α,β-unsaturated/α-hetero) is 1. The van der Waals surface area contributed by atoms with Gasteiger partial charge in [-0.3, -0.25) is 19.7 Å². The van der Waals surface area contributed by atoms with Gasteiger partial charge in [0.25, 0.3) is 11.6 Å². The highest BCUT2D eigenvalue weighted by atomic mass is 16.6. The van der Waals surface area contributed by atoms with Gasteiger partial charge in [-0.05, 0) is 37.1 Å². The van der Waals surface area contributed by atoms with Crippen molar-refractivity contribution in [2.45, 2.75) is 12.8 Å². The van der Waals surface area contributed by atoms with Crippen molar-refractivity contribution in [3.8, 4) is 11.5 Å². The molecule has 4 rings (SSSR count). The van der Waals surface area contributed by atoms with Crippen LogP contribution in [0, 0.1) is 16.0 Å². The van der Waals surface area contributed by atoms with Crippen LogP contribution < -0.4 is 9.47 Å². The highest BCUT2D eigenvalue weighted by molar-refractivity contribution is 6.00. The molecule has 0 spiro atoms. The Morgan fingerprint density at radius 1 is 0.970 bits per heavy atom. The number of nitro groups is 1. The van der Waals surface area contributed by atoms with Crippen molar-refractivity contribution in [3.63, 3.8) is 0 Å². The van der Waals surface area contributed by atoms with Gasteiger partial charge in [-0.1, -0.05) is 0 Å². The summed E-state index contributed by atoms with van der Waals surface area (Å²) >= 11 is 0. The van der Waals surface area contributed by atoms with E-state index >= 15 is 0 Å². The summed E-state index contributed by atoms with van der Waals surface area (Å²) < 4.78 is 15.7. The van der Waals surface area contributed by atoms with E-state index in [1.54, 1.807) is 18.2 Å². The molecule has 0 aliphatic carbocycles. The summed E-state index contributed by atoms with van der Waals surface area (Å²) in [7, 11) is 1.16. The van der Waals surface area contributed by atoms with Gasteiger partial charge in [0.15, 0.2) is 17.3 Å². The standard InChI is InChI=1S/C23H22N2O8/c1-31-23(28)17-10-16(11-18(12-17)25(29)30)22(27)24-6-4-14(5-7-24)21(26)15-2-3-19-20(13-15)33-9-8-32-19/h2-3,10-14H,4-9H2,1H3. The Labute approximate surface area is 189 Å². The van der Waals surface area contributed by atoms with E-state index < -0.39 is 16.8 Å². The molecule has 0 saturated carbocycles. The zero-order valence-corrected chi connectivity index (χ0v) is 17.9. The first-order valence-corrected chi connectivity index (χ1v) is 10.5. The number of carbonyl (C=O) groups excluding carboxylic acids is 3. The summed E-state index contributed by atoms with van der Waals surface area (Å²) in [6.45, 7) is 1.53. The van der Waals surface area contributed by atoms with E-state index in [4.69, 9.17) is 9.47 Å². The quantitative estimate of drug-likeness (QED) is 0.292. The smallest absolute Gasteiger partial charge is 0.338 e. The van der Waals surface area contributed by atoms with E-state index in [2.05, 4.69) is 4.74 Å². The second-order valence-electron chi connectivity index (χ2n) is 7.81. The maximum Gasteiger partial charge on any atom is 0.338 e. The van der Waals surface area contributed by atoms with Crippen LogP contribution in [-0.4, -0.2) is 60.9 Å². The number of benzene rings is 2. The number of amides is 1. The number of hydrogen-bond donors (Lipinski definition) is 0. The second kappa shape index (κ2) is 9.27. The number of rotatable bonds is 5. The molecule has 0 bridgehead atoms. The number of hydrogen-bond acceptors (Lipinski definition) is 8. The van der Waals surface area contributed by atoms with Crippen LogP contribution in [0.5, 0.6) is 11.5 Å². The second-order valence-corrected chi connectivity index (χ2v) is 7.81. The first kappa shape index (κ1) is 22.3. The van der Waals surface area contributed by atoms with Crippen LogP contribution in [0.3, 0.4) is 0 Å². The van der Waals surface area contributed by atoms with E-state index in [-0.39, 0.29) is 28.5 Å². The molecule has 0 aromatic heterocycles. The zero-order chi connectivity index (χ0) is 23.5. The molecule has 2 aromatic rings. The van der Waals surface area contributed by atoms with Gasteiger partial charge in [0, 0.05) is 42.3 Å². The van der Waals surface area contributed by atoms with E-state index in [0.717, 1.165) is 19.2 Å². The third-order valence-corrected chi connectivity index (χ3v) is 5.78. The lowest BCUT2D eigenvalue weighted by molar-refractivity contribution is -0.384. The van der Waals surface area contributed by atoms with Gasteiger partial charge >= 0.3 is 5.97 Å². The number of non-ortho nitro benzene ring substituents is 1. The Morgan fingerprint density at radius 3 is 2.30 bits per heavy atom. The summed E-state index contributed by atoms with van der Waals surface area (Å²) in [6, 6.07) is 8.62. The minimum absolute atomic E-state index is 0.0256. The number of methoxy groups -OCH3 is 1. The minimum Gasteiger partial charge on any atom is -0.486 e. The molecule has 10 nitrogen and oxygen atoms in total. The molecule has 10 heteroatoms. The molecule has 0 atom stereocenters. The summed E-state index contributed by atoms with van der Waals surface area (Å²) in [5.74, 6) is -0.325. The van der Waals surface area contributed by atoms with Crippen molar-refractivity contribution in [3.05, 3.63) is 63.2 Å². The van der Waals surface area contributed by atoms with E-state index in [1.807, 2.05) is 0 Å². The monoisotopic (exact) mass is 454 g/mol. The van der Waals surface area contributed by atoms with Crippen LogP contribution in [0.25, 0.3) is 0 Å². The van der Waals surface area contributed by atoms with Crippen LogP contribution in [0.2, 0.25) is 0 Å². The van der Waals surface area contributed by atoms with Crippen LogP contribution in [0.15, 0.2) is 36.4 Å². The third kappa shape index (κ3) is 4.64. The number of esters is 1. The topological polar surface area (TPSA) is 125 Å². The molecule has 172 valence electrons. The van der Waals surface area contributed by atoms with Crippen molar-refractivity contribution >= 4 is 23.3 Å². The first-order valence-electron chi connectivity index (χ1n) is 10.5. The van der Waals surface area contributed by atoms with Crippen LogP contribution in [0.1, 0.15) is 43.9 Å². The van der Waals surface area contributed by atoms with Crippen LogP contribution in [0.4, 0.5) is 5.69 Å². The van der Waals surface area contributed by atoms with Crippen LogP contribution in [-0.2, 0) is 4.74 Å². The lowest BCUT2D eigenvalue weighted by Gasteiger charge is -2.31. The third-order valence-electron chi connectivity index (χ3n) is 5.78. The fraction of sp³-hybridized carbons (Fsp3) is 0.348. The Kier molecular flexibility index (Phi) is 6.25. The van der Waals surface area contributed by atoms with Gasteiger partial charge in [0.05, 0.1) is 17.6 Å². The maximum absolute atomic E-state index is 13.0. The van der Waals surface area contributed by atoms with Gasteiger partial charge < -0.3 is 19.1 Å². The van der Waals surface area contributed by atoms with Crippen molar-refractivity contribution in [2.24, 2.45) is 5.92 Å². The number of piperidine rings is 1. The molecule has 0 unspecified atom stereocenters. The van der Waals surface area contributed by atoms with Gasteiger partial charge in [-0.2, -0.15) is 0 Å². The normalized spacial score (nSPS) is 15.6. The number of ketones is 1. The molecule has 2 aromatic carbocycles. The first-order chi connectivity index (χ1) is 15.9. The van der Waals surface area contributed by atoms with Gasteiger partial charge in [0.1, 0.15) is 13.2 Å². The predicted molar refractivity (Wildman–Crippen MR) is 115 cm³/mol. The predicted octanol–water partition coefficient (Wildman–Crippen LogP) is 2.89. The number of nitro benzene ring substituents is 1. The molecular formula is C23H22N2O8. The largest absolute Gasteiger partial charge is 0.486 e. The van der Waals surface area contributed by atoms with Crippen molar-refractivity contribution in [2.75, 3.05) is 33.4 Å². The lowest BCUT2D eigenvalue weighted by atomic mass is 9.88. The van der Waals surface area contributed by atoms with Gasteiger partial charge in [0.2, 0.25) is 0 Å². The highest BCUT2D eigenvalue weighted by Gasteiger charge is 2.30. The molecule has 2 aliphatic rings. The zero-order valence-electron chi connectivity index (χ0n) is 17.9. The fourth-order valence-electron chi connectivity index (χ4n) is 4.04. The van der Waals surface area contributed by atoms with Gasteiger partial charge in [-0.15, -0.1) is 0 Å². The lowest BCUT2D eigenvalue weighted by Crippen LogP contribution is -2.40. The number of likely N-dealkylation sites (tertiary alicyclic amines) is 1. The molecule has 1 amide bonds. The van der Waals surface area contributed by atoms with Crippen LogP contribution >= 0.6 is 0 Å². The maximum atomic E-state index is 13.0. The number of fused-ring (bicyclic) bond motifs is 1. The number of ether oxygens (including phenoxy) is 3. The van der Waals surface area contributed by atoms with Crippen molar-refractivity contribution < 1.29 is 33.5 Å². The fourth-order valence-corrected chi connectivity index (χ4v) is 4.04. The number of carbonyl (C=O) groups is 3. The average molecular weight is 454 g/mol. The SMILES string of the molecule is COC(=O)c1cc(C(=O)N2CCC(C(=O)c3ccc4c(c3)OCCO4)CC2)cc([N+](=O)[O-])c1. The highest BCUT2D eigenvalue weighted by Crippen LogP contribution is 2.33. The molecule has 0 N–H and O–H groups in total. The van der Waals surface area contributed by atoms with Crippen molar-refractivity contribution in [1.29, 1.82) is 0 Å². The van der Waals surface area contributed by atoms with Crippen molar-refractivity contribution in [1.82, 2.24) is 4.90 Å². The minimum atomic E-state index is -0.767. The molecule has 2 heterocycles. The molecule has 33 heavy (non-hydrogen) atoms. The Balaban J connectivity index is 1.45. The summed E-state index contributed by atoms with van der Waals surface area (Å²) in [5.41, 5.74) is 0.121. The summed E-state index contributed by atoms with van der Waals surface area (Å²) in [4.78, 5) is 49.9. The molecule has 2 aliphatic heterocycles.